The van der Waals surface area contributed by atoms with Crippen molar-refractivity contribution in [3.8, 4) is 0 Å². The number of rotatable bonds is 5. The molecule has 5 nitrogen and oxygen atoms in total. The van der Waals surface area contributed by atoms with E-state index in [1.54, 1.807) is 6.92 Å². The molecule has 7 heteroatoms. The van der Waals surface area contributed by atoms with E-state index in [0.717, 1.165) is 34.9 Å². The molecule has 1 saturated carbocycles. The Kier molecular flexibility index (Phi) is 4.94. The zero-order chi connectivity index (χ0) is 18.3. The van der Waals surface area contributed by atoms with Gasteiger partial charge in [-0.1, -0.05) is 41.2 Å². The predicted molar refractivity (Wildman–Crippen MR) is 107 cm³/mol. The second-order valence-electron chi connectivity index (χ2n) is 7.29. The van der Waals surface area contributed by atoms with Gasteiger partial charge in [0.1, 0.15) is 0 Å². The molecule has 0 N–H and O–H groups in total. The van der Waals surface area contributed by atoms with Gasteiger partial charge in [0.15, 0.2) is 3.95 Å². The summed E-state index contributed by atoms with van der Waals surface area (Å²) in [6.45, 7) is 5.46. The van der Waals surface area contributed by atoms with E-state index in [2.05, 4.69) is 36.1 Å². The summed E-state index contributed by atoms with van der Waals surface area (Å²) in [6, 6.07) is 9.55. The fourth-order valence-corrected chi connectivity index (χ4v) is 4.89. The highest BCUT2D eigenvalue weighted by atomic mass is 32.1. The molecule has 1 amide bonds. The number of amides is 1. The molecule has 2 fully saturated rings. The van der Waals surface area contributed by atoms with Gasteiger partial charge in [-0.15, -0.1) is 5.10 Å². The van der Waals surface area contributed by atoms with Crippen molar-refractivity contribution < 1.29 is 4.79 Å². The van der Waals surface area contributed by atoms with Crippen molar-refractivity contribution >= 4 is 34.6 Å². The third-order valence-electron chi connectivity index (χ3n) is 5.19. The summed E-state index contributed by atoms with van der Waals surface area (Å²) in [4.78, 5) is 16.3. The number of carbonyl (C=O) groups is 1. The number of benzene rings is 1. The maximum Gasteiger partial charge on any atom is 0.225 e. The van der Waals surface area contributed by atoms with Gasteiger partial charge in [0.2, 0.25) is 11.0 Å². The number of likely N-dealkylation sites (tertiary alicyclic amines) is 1. The maximum absolute atomic E-state index is 12.0. The Morgan fingerprint density at radius 1 is 1.31 bits per heavy atom. The third kappa shape index (κ3) is 3.61. The van der Waals surface area contributed by atoms with E-state index in [1.807, 2.05) is 9.58 Å². The molecule has 0 bridgehead atoms. The zero-order valence-corrected chi connectivity index (χ0v) is 16.9. The minimum Gasteiger partial charge on any atom is -0.284 e. The average molecular weight is 389 g/mol. The van der Waals surface area contributed by atoms with Crippen molar-refractivity contribution in [1.29, 1.82) is 0 Å². The van der Waals surface area contributed by atoms with Crippen LogP contribution in [0.3, 0.4) is 0 Å². The van der Waals surface area contributed by atoms with E-state index in [4.69, 9.17) is 17.3 Å². The zero-order valence-electron chi connectivity index (χ0n) is 15.2. The number of hydrogen-bond donors (Lipinski definition) is 0. The molecule has 1 aromatic carbocycles. The predicted octanol–water partition coefficient (Wildman–Crippen LogP) is 4.29. The van der Waals surface area contributed by atoms with Gasteiger partial charge in [-0.05, 0) is 50.4 Å². The highest BCUT2D eigenvalue weighted by Gasteiger charge is 2.34. The van der Waals surface area contributed by atoms with Crippen molar-refractivity contribution in [3.63, 3.8) is 0 Å². The van der Waals surface area contributed by atoms with E-state index >= 15 is 0 Å². The van der Waals surface area contributed by atoms with Crippen LogP contribution in [0.15, 0.2) is 24.3 Å². The molecule has 2 aromatic rings. The Hall–Kier alpha value is -1.57. The molecule has 1 aliphatic carbocycles. The van der Waals surface area contributed by atoms with Crippen LogP contribution in [0.5, 0.6) is 0 Å². The molecule has 0 radical (unpaired) electrons. The van der Waals surface area contributed by atoms with E-state index in [1.165, 1.54) is 28.9 Å². The molecule has 1 aromatic heterocycles. The number of nitrogens with zero attached hydrogens (tertiary/aromatic N) is 4. The van der Waals surface area contributed by atoms with Crippen molar-refractivity contribution in [2.24, 2.45) is 0 Å². The molecule has 4 rings (SSSR count). The summed E-state index contributed by atoms with van der Waals surface area (Å²) >= 11 is 6.99. The Morgan fingerprint density at radius 3 is 2.69 bits per heavy atom. The first-order chi connectivity index (χ1) is 12.5. The summed E-state index contributed by atoms with van der Waals surface area (Å²) in [7, 11) is 0. The first-order valence-electron chi connectivity index (χ1n) is 9.21. The molecule has 1 unspecified atom stereocenters. The summed E-state index contributed by atoms with van der Waals surface area (Å²) in [5, 5.41) is 5.44. The SMILES string of the molecule is CC(=O)N(c1nn(CN2CCCC2c2ccc(C)cc2)c(=S)s1)C1CC1. The quantitative estimate of drug-likeness (QED) is 0.717. The molecular formula is C19H24N4OS2. The summed E-state index contributed by atoms with van der Waals surface area (Å²) in [5.41, 5.74) is 2.65. The van der Waals surface area contributed by atoms with Crippen molar-refractivity contribution in [3.05, 3.63) is 39.3 Å². The Balaban J connectivity index is 1.54. The van der Waals surface area contributed by atoms with Crippen LogP contribution in [0, 0.1) is 10.9 Å². The normalized spacial score (nSPS) is 20.5. The van der Waals surface area contributed by atoms with Gasteiger partial charge in [-0.3, -0.25) is 14.6 Å². The third-order valence-corrected chi connectivity index (χ3v) is 6.50. The fraction of sp³-hybridized carbons (Fsp3) is 0.526. The summed E-state index contributed by atoms with van der Waals surface area (Å²) < 4.78 is 2.63. The largest absolute Gasteiger partial charge is 0.284 e. The number of aryl methyl sites for hydroxylation is 1. The smallest absolute Gasteiger partial charge is 0.225 e. The van der Waals surface area contributed by atoms with Crippen molar-refractivity contribution in [2.75, 3.05) is 11.4 Å². The minimum atomic E-state index is 0.0575. The van der Waals surface area contributed by atoms with Crippen LogP contribution in [0.4, 0.5) is 5.13 Å². The first kappa shape index (κ1) is 17.8. The van der Waals surface area contributed by atoms with Crippen LogP contribution in [0.2, 0.25) is 0 Å². The molecule has 2 aliphatic rings. The van der Waals surface area contributed by atoms with E-state index in [9.17, 15) is 4.79 Å². The van der Waals surface area contributed by atoms with Crippen LogP contribution in [-0.2, 0) is 11.5 Å². The van der Waals surface area contributed by atoms with E-state index in [-0.39, 0.29) is 5.91 Å². The standard InChI is InChI=1S/C19H24N4OS2/c1-13-5-7-15(8-6-13)17-4-3-11-21(17)12-22-19(25)26-18(20-22)23(14(2)24)16-9-10-16/h5-8,16-17H,3-4,9-12H2,1-2H3. The van der Waals surface area contributed by atoms with Crippen LogP contribution in [0.25, 0.3) is 0 Å². The fourth-order valence-electron chi connectivity index (χ4n) is 3.70. The molecule has 138 valence electrons. The Bertz CT molecular complexity index is 853. The first-order valence-corrected chi connectivity index (χ1v) is 10.4. The molecule has 0 spiro atoms. The molecule has 1 aliphatic heterocycles. The monoisotopic (exact) mass is 388 g/mol. The lowest BCUT2D eigenvalue weighted by Crippen LogP contribution is -2.31. The van der Waals surface area contributed by atoms with Crippen LogP contribution in [0.1, 0.15) is 49.8 Å². The van der Waals surface area contributed by atoms with Crippen LogP contribution in [-0.4, -0.2) is 33.2 Å². The number of hydrogen-bond acceptors (Lipinski definition) is 5. The highest BCUT2D eigenvalue weighted by molar-refractivity contribution is 7.73. The number of carbonyl (C=O) groups excluding carboxylic acids is 1. The van der Waals surface area contributed by atoms with Crippen LogP contribution >= 0.6 is 23.6 Å². The molecule has 1 saturated heterocycles. The molecule has 2 heterocycles. The minimum absolute atomic E-state index is 0.0575. The van der Waals surface area contributed by atoms with Crippen molar-refractivity contribution in [1.82, 2.24) is 14.7 Å². The number of anilines is 1. The maximum atomic E-state index is 12.0. The summed E-state index contributed by atoms with van der Waals surface area (Å²) in [5.74, 6) is 0.0575. The van der Waals surface area contributed by atoms with Crippen molar-refractivity contribution in [2.45, 2.75) is 58.3 Å². The van der Waals surface area contributed by atoms with Gasteiger partial charge in [0.05, 0.1) is 6.67 Å². The van der Waals surface area contributed by atoms with Gasteiger partial charge in [-0.25, -0.2) is 4.68 Å². The lowest BCUT2D eigenvalue weighted by Gasteiger charge is -2.24. The Labute approximate surface area is 163 Å². The Morgan fingerprint density at radius 2 is 2.04 bits per heavy atom. The van der Waals surface area contributed by atoms with Gasteiger partial charge < -0.3 is 0 Å². The topological polar surface area (TPSA) is 41.4 Å². The second kappa shape index (κ2) is 7.21. The average Bonchev–Trinajstić information content (AvgIpc) is 3.20. The van der Waals surface area contributed by atoms with Gasteiger partial charge in [0, 0.05) is 25.6 Å². The van der Waals surface area contributed by atoms with Gasteiger partial charge in [0.25, 0.3) is 0 Å². The van der Waals surface area contributed by atoms with E-state index in [0.29, 0.717) is 18.8 Å². The summed E-state index contributed by atoms with van der Waals surface area (Å²) in [6.07, 6.45) is 4.47. The lowest BCUT2D eigenvalue weighted by molar-refractivity contribution is -0.116. The van der Waals surface area contributed by atoms with Gasteiger partial charge >= 0.3 is 0 Å². The molecule has 26 heavy (non-hydrogen) atoms. The second-order valence-corrected chi connectivity index (χ2v) is 8.89. The lowest BCUT2D eigenvalue weighted by atomic mass is 10.0. The highest BCUT2D eigenvalue weighted by Crippen LogP contribution is 2.35. The number of aromatic nitrogens is 2. The molecular weight excluding hydrogens is 364 g/mol. The van der Waals surface area contributed by atoms with E-state index < -0.39 is 0 Å². The van der Waals surface area contributed by atoms with Gasteiger partial charge in [-0.2, -0.15) is 0 Å². The van der Waals surface area contributed by atoms with Crippen LogP contribution < -0.4 is 4.90 Å². The molecule has 1 atom stereocenters.